The van der Waals surface area contributed by atoms with E-state index in [-0.39, 0.29) is 0 Å². The molecule has 0 saturated heterocycles. The summed E-state index contributed by atoms with van der Waals surface area (Å²) in [6.45, 7) is 6.74. The maximum Gasteiger partial charge on any atom is -0.0155 e. The second-order valence-electron chi connectivity index (χ2n) is 4.73. The molecule has 0 atom stereocenters. The lowest BCUT2D eigenvalue weighted by Gasteiger charge is -2.09. The lowest BCUT2D eigenvalue weighted by atomic mass is 9.96. The molecule has 0 N–H and O–H groups in total. The Labute approximate surface area is 91.9 Å². The molecule has 0 radical (unpaired) electrons. The molecule has 78 valence electrons. The molecule has 0 fully saturated rings. The monoisotopic (exact) mass is 198 g/mol. The van der Waals surface area contributed by atoms with Crippen LogP contribution in [0.1, 0.15) is 25.0 Å². The molecule has 0 unspecified atom stereocenters. The molecule has 0 heterocycles. The van der Waals surface area contributed by atoms with Gasteiger partial charge in [0.1, 0.15) is 0 Å². The normalized spacial score (nSPS) is 11.2. The first-order valence-corrected chi connectivity index (χ1v) is 5.65. The number of hydrogen-bond donors (Lipinski definition) is 0. The summed E-state index contributed by atoms with van der Waals surface area (Å²) in [5.41, 5.74) is 2.85. The molecule has 0 bridgehead atoms. The molecule has 0 saturated carbocycles. The summed E-state index contributed by atoms with van der Waals surface area (Å²) >= 11 is 0. The fourth-order valence-corrected chi connectivity index (χ4v) is 2.17. The topological polar surface area (TPSA) is 0 Å². The Kier molecular flexibility index (Phi) is 2.77. The fraction of sp³-hybridized carbons (Fsp3) is 0.333. The number of rotatable bonds is 2. The van der Waals surface area contributed by atoms with E-state index in [1.807, 2.05) is 0 Å². The third-order valence-corrected chi connectivity index (χ3v) is 2.77. The molecule has 0 nitrogen and oxygen atoms in total. The Morgan fingerprint density at radius 1 is 1.07 bits per heavy atom. The van der Waals surface area contributed by atoms with Crippen molar-refractivity contribution >= 4 is 10.8 Å². The molecule has 0 aliphatic carbocycles. The van der Waals surface area contributed by atoms with Crippen LogP contribution in [0.5, 0.6) is 0 Å². The van der Waals surface area contributed by atoms with E-state index in [0.29, 0.717) is 0 Å². The molecule has 15 heavy (non-hydrogen) atoms. The average molecular weight is 198 g/mol. The minimum Gasteiger partial charge on any atom is -0.0625 e. The van der Waals surface area contributed by atoms with Crippen molar-refractivity contribution in [3.05, 3.63) is 47.5 Å². The highest BCUT2D eigenvalue weighted by Crippen LogP contribution is 2.21. The van der Waals surface area contributed by atoms with E-state index in [2.05, 4.69) is 57.2 Å². The Balaban J connectivity index is 2.52. The lowest BCUT2D eigenvalue weighted by Crippen LogP contribution is -1.94. The minimum absolute atomic E-state index is 0.727. The quantitative estimate of drug-likeness (QED) is 0.673. The Morgan fingerprint density at radius 2 is 1.80 bits per heavy atom. The van der Waals surface area contributed by atoms with Gasteiger partial charge in [-0.25, -0.2) is 0 Å². The first-order chi connectivity index (χ1) is 7.16. The van der Waals surface area contributed by atoms with Gasteiger partial charge in [0, 0.05) is 0 Å². The zero-order valence-electron chi connectivity index (χ0n) is 9.75. The number of fused-ring (bicyclic) bond motifs is 1. The van der Waals surface area contributed by atoms with Crippen LogP contribution in [0.15, 0.2) is 36.4 Å². The van der Waals surface area contributed by atoms with Gasteiger partial charge in [0.15, 0.2) is 0 Å². The van der Waals surface area contributed by atoms with Gasteiger partial charge in [-0.3, -0.25) is 0 Å². The molecular weight excluding hydrogens is 180 g/mol. The van der Waals surface area contributed by atoms with Gasteiger partial charge in [-0.05, 0) is 41.2 Å². The van der Waals surface area contributed by atoms with Gasteiger partial charge in [0.25, 0.3) is 0 Å². The molecule has 0 spiro atoms. The summed E-state index contributed by atoms with van der Waals surface area (Å²) in [6.07, 6.45) is 1.17. The molecule has 2 aromatic rings. The van der Waals surface area contributed by atoms with E-state index in [4.69, 9.17) is 0 Å². The van der Waals surface area contributed by atoms with Gasteiger partial charge in [0.2, 0.25) is 0 Å². The van der Waals surface area contributed by atoms with E-state index in [0.717, 1.165) is 5.92 Å². The average Bonchev–Trinajstić information content (AvgIpc) is 2.16. The van der Waals surface area contributed by atoms with Crippen LogP contribution in [0.2, 0.25) is 0 Å². The van der Waals surface area contributed by atoms with Gasteiger partial charge in [-0.1, -0.05) is 50.2 Å². The van der Waals surface area contributed by atoms with E-state index in [9.17, 15) is 0 Å². The summed E-state index contributed by atoms with van der Waals surface area (Å²) in [4.78, 5) is 0. The van der Waals surface area contributed by atoms with Gasteiger partial charge < -0.3 is 0 Å². The van der Waals surface area contributed by atoms with Gasteiger partial charge >= 0.3 is 0 Å². The highest BCUT2D eigenvalue weighted by molar-refractivity contribution is 5.86. The lowest BCUT2D eigenvalue weighted by molar-refractivity contribution is 0.647. The van der Waals surface area contributed by atoms with Gasteiger partial charge in [-0.2, -0.15) is 0 Å². The summed E-state index contributed by atoms with van der Waals surface area (Å²) in [6, 6.07) is 13.3. The minimum atomic E-state index is 0.727. The number of aryl methyl sites for hydroxylation is 1. The van der Waals surface area contributed by atoms with Crippen molar-refractivity contribution in [1.29, 1.82) is 0 Å². The van der Waals surface area contributed by atoms with Gasteiger partial charge in [-0.15, -0.1) is 0 Å². The van der Waals surface area contributed by atoms with Crippen molar-refractivity contribution in [1.82, 2.24) is 0 Å². The van der Waals surface area contributed by atoms with E-state index < -0.39 is 0 Å². The molecule has 0 aromatic heterocycles. The Bertz CT molecular complexity index is 466. The van der Waals surface area contributed by atoms with Crippen LogP contribution < -0.4 is 0 Å². The predicted octanol–water partition coefficient (Wildman–Crippen LogP) is 4.35. The molecule has 0 heteroatoms. The van der Waals surface area contributed by atoms with Crippen molar-refractivity contribution < 1.29 is 0 Å². The molecule has 2 aromatic carbocycles. The van der Waals surface area contributed by atoms with Crippen LogP contribution in [0.3, 0.4) is 0 Å². The largest absolute Gasteiger partial charge is 0.0625 e. The second kappa shape index (κ2) is 4.06. The van der Waals surface area contributed by atoms with E-state index >= 15 is 0 Å². The first-order valence-electron chi connectivity index (χ1n) is 5.65. The summed E-state index contributed by atoms with van der Waals surface area (Å²) in [5.74, 6) is 0.727. The Morgan fingerprint density at radius 3 is 2.53 bits per heavy atom. The third kappa shape index (κ3) is 2.20. The van der Waals surface area contributed by atoms with Crippen LogP contribution in [0, 0.1) is 12.8 Å². The summed E-state index contributed by atoms with van der Waals surface area (Å²) in [5, 5.41) is 2.75. The molecule has 0 aliphatic rings. The molecule has 0 amide bonds. The second-order valence-corrected chi connectivity index (χ2v) is 4.73. The summed E-state index contributed by atoms with van der Waals surface area (Å²) in [7, 11) is 0. The SMILES string of the molecule is Cc1cc(CC(C)C)cc2ccccc12. The fourth-order valence-electron chi connectivity index (χ4n) is 2.17. The van der Waals surface area contributed by atoms with Crippen LogP contribution in [-0.4, -0.2) is 0 Å². The van der Waals surface area contributed by atoms with Crippen molar-refractivity contribution in [2.75, 3.05) is 0 Å². The molecular formula is C15H18. The van der Waals surface area contributed by atoms with Crippen molar-refractivity contribution in [3.63, 3.8) is 0 Å². The van der Waals surface area contributed by atoms with Gasteiger partial charge in [0.05, 0.1) is 0 Å². The highest BCUT2D eigenvalue weighted by Gasteiger charge is 2.02. The standard InChI is InChI=1S/C15H18/c1-11(2)8-13-9-12(3)15-7-5-4-6-14(15)10-13/h4-7,9-11H,8H2,1-3H3. The highest BCUT2D eigenvalue weighted by atomic mass is 14.1. The maximum atomic E-state index is 2.32. The zero-order chi connectivity index (χ0) is 10.8. The van der Waals surface area contributed by atoms with Crippen LogP contribution in [0.4, 0.5) is 0 Å². The van der Waals surface area contributed by atoms with Crippen molar-refractivity contribution in [3.8, 4) is 0 Å². The number of benzene rings is 2. The van der Waals surface area contributed by atoms with Crippen molar-refractivity contribution in [2.24, 2.45) is 5.92 Å². The van der Waals surface area contributed by atoms with Crippen molar-refractivity contribution in [2.45, 2.75) is 27.2 Å². The Hall–Kier alpha value is -1.30. The van der Waals surface area contributed by atoms with E-state index in [1.54, 1.807) is 0 Å². The van der Waals surface area contributed by atoms with E-state index in [1.165, 1.54) is 28.3 Å². The maximum absolute atomic E-state index is 2.32. The summed E-state index contributed by atoms with van der Waals surface area (Å²) < 4.78 is 0. The first kappa shape index (κ1) is 10.2. The van der Waals surface area contributed by atoms with Crippen LogP contribution in [-0.2, 0) is 6.42 Å². The molecule has 0 aliphatic heterocycles. The zero-order valence-corrected chi connectivity index (χ0v) is 9.75. The predicted molar refractivity (Wildman–Crippen MR) is 67.2 cm³/mol. The van der Waals surface area contributed by atoms with Crippen LogP contribution in [0.25, 0.3) is 10.8 Å². The molecule has 2 rings (SSSR count). The van der Waals surface area contributed by atoms with Crippen LogP contribution >= 0.6 is 0 Å². The smallest absolute Gasteiger partial charge is 0.0155 e. The number of hydrogen-bond acceptors (Lipinski definition) is 0. The third-order valence-electron chi connectivity index (χ3n) is 2.77.